The number of hydrogen-bond acceptors (Lipinski definition) is 7. The van der Waals surface area contributed by atoms with E-state index in [0.717, 1.165) is 0 Å². The molecular formula is C18H18BrN3O6. The lowest BCUT2D eigenvalue weighted by atomic mass is 10.1. The number of nitro benzene ring substituents is 1. The number of hydrazone groups is 1. The quantitative estimate of drug-likeness (QED) is 0.374. The lowest BCUT2D eigenvalue weighted by Crippen LogP contribution is -2.25. The average Bonchev–Trinajstić information content (AvgIpc) is 2.70. The van der Waals surface area contributed by atoms with Gasteiger partial charge in [-0.05, 0) is 53.2 Å². The van der Waals surface area contributed by atoms with Gasteiger partial charge in [-0.15, -0.1) is 0 Å². The number of hydrogen-bond donors (Lipinski definition) is 1. The van der Waals surface area contributed by atoms with Crippen LogP contribution in [0, 0.1) is 10.1 Å². The van der Waals surface area contributed by atoms with Crippen LogP contribution in [0.1, 0.15) is 12.5 Å². The summed E-state index contributed by atoms with van der Waals surface area (Å²) in [7, 11) is 2.90. The van der Waals surface area contributed by atoms with Crippen molar-refractivity contribution in [2.75, 3.05) is 20.8 Å². The summed E-state index contributed by atoms with van der Waals surface area (Å²) >= 11 is 3.33. The number of amides is 1. The molecule has 0 aliphatic rings. The van der Waals surface area contributed by atoms with E-state index in [0.29, 0.717) is 27.2 Å². The van der Waals surface area contributed by atoms with Crippen LogP contribution in [0.3, 0.4) is 0 Å². The zero-order valence-corrected chi connectivity index (χ0v) is 17.0. The third kappa shape index (κ3) is 5.43. The molecule has 2 rings (SSSR count). The highest BCUT2D eigenvalue weighted by Gasteiger charge is 2.16. The lowest BCUT2D eigenvalue weighted by Gasteiger charge is -2.09. The number of nitro groups is 1. The Morgan fingerprint density at radius 1 is 1.18 bits per heavy atom. The monoisotopic (exact) mass is 451 g/mol. The maximum Gasteiger partial charge on any atom is 0.311 e. The van der Waals surface area contributed by atoms with Gasteiger partial charge in [0.15, 0.2) is 12.4 Å². The summed E-state index contributed by atoms with van der Waals surface area (Å²) in [6, 6.07) is 9.50. The molecule has 0 unspecified atom stereocenters. The van der Waals surface area contributed by atoms with Crippen molar-refractivity contribution in [3.8, 4) is 17.2 Å². The summed E-state index contributed by atoms with van der Waals surface area (Å²) in [5, 5.41) is 15.1. The number of rotatable bonds is 8. The van der Waals surface area contributed by atoms with Gasteiger partial charge in [-0.25, -0.2) is 5.43 Å². The van der Waals surface area contributed by atoms with Crippen molar-refractivity contribution in [3.63, 3.8) is 0 Å². The minimum absolute atomic E-state index is 0.143. The second-order valence-electron chi connectivity index (χ2n) is 5.46. The Balaban J connectivity index is 2.00. The molecule has 9 nitrogen and oxygen atoms in total. The molecule has 0 aliphatic carbocycles. The van der Waals surface area contributed by atoms with Gasteiger partial charge < -0.3 is 14.2 Å². The van der Waals surface area contributed by atoms with Crippen LogP contribution in [-0.4, -0.2) is 37.4 Å². The fraction of sp³-hybridized carbons (Fsp3) is 0.222. The molecule has 1 amide bonds. The van der Waals surface area contributed by atoms with Crippen LogP contribution in [0.5, 0.6) is 17.2 Å². The Labute approximate surface area is 169 Å². The summed E-state index contributed by atoms with van der Waals surface area (Å²) in [4.78, 5) is 22.5. The number of carbonyl (C=O) groups excluding carboxylic acids is 1. The predicted octanol–water partition coefficient (Wildman–Crippen LogP) is 3.29. The lowest BCUT2D eigenvalue weighted by molar-refractivity contribution is -0.385. The van der Waals surface area contributed by atoms with Gasteiger partial charge in [-0.2, -0.15) is 5.10 Å². The Bertz CT molecular complexity index is 916. The highest BCUT2D eigenvalue weighted by molar-refractivity contribution is 9.10. The van der Waals surface area contributed by atoms with Crippen molar-refractivity contribution in [3.05, 3.63) is 56.5 Å². The Morgan fingerprint density at radius 2 is 1.89 bits per heavy atom. The first-order valence-corrected chi connectivity index (χ1v) is 8.77. The minimum atomic E-state index is -0.547. The maximum absolute atomic E-state index is 12.0. The topological polar surface area (TPSA) is 112 Å². The third-order valence-corrected chi connectivity index (χ3v) is 4.26. The summed E-state index contributed by atoms with van der Waals surface area (Å²) in [6.07, 6.45) is 0. The Morgan fingerprint density at radius 3 is 2.50 bits per heavy atom. The summed E-state index contributed by atoms with van der Waals surface area (Å²) in [6.45, 7) is 1.36. The van der Waals surface area contributed by atoms with E-state index in [2.05, 4.69) is 26.5 Å². The number of nitrogens with one attached hydrogen (secondary N) is 1. The average molecular weight is 452 g/mol. The molecule has 2 aromatic rings. The van der Waals surface area contributed by atoms with Gasteiger partial charge in [0.25, 0.3) is 5.91 Å². The molecule has 28 heavy (non-hydrogen) atoms. The molecule has 0 fully saturated rings. The van der Waals surface area contributed by atoms with Gasteiger partial charge in [0, 0.05) is 11.6 Å². The standard InChI is InChI=1S/C18H18BrN3O6/c1-11(12-4-6-17(27-3)15(8-12)22(24)25)20-21-18(23)10-28-16-7-5-13(26-2)9-14(16)19/h4-9H,10H2,1-3H3,(H,21,23)/b20-11-. The Hall–Kier alpha value is -3.14. The molecular weight excluding hydrogens is 434 g/mol. The van der Waals surface area contributed by atoms with Crippen molar-refractivity contribution in [1.29, 1.82) is 0 Å². The van der Waals surface area contributed by atoms with Crippen LogP contribution in [0.15, 0.2) is 46.0 Å². The molecule has 0 aliphatic heterocycles. The first-order chi connectivity index (χ1) is 13.3. The van der Waals surface area contributed by atoms with Crippen LogP contribution in [0.4, 0.5) is 5.69 Å². The zero-order chi connectivity index (χ0) is 20.7. The van der Waals surface area contributed by atoms with Crippen molar-refractivity contribution in [1.82, 2.24) is 5.43 Å². The second-order valence-corrected chi connectivity index (χ2v) is 6.32. The number of halogens is 1. The largest absolute Gasteiger partial charge is 0.497 e. The number of ether oxygens (including phenoxy) is 3. The van der Waals surface area contributed by atoms with E-state index in [9.17, 15) is 14.9 Å². The van der Waals surface area contributed by atoms with E-state index in [4.69, 9.17) is 14.2 Å². The number of nitrogens with zero attached hydrogens (tertiary/aromatic N) is 2. The van der Waals surface area contributed by atoms with E-state index in [1.807, 2.05) is 0 Å². The molecule has 0 aromatic heterocycles. The molecule has 0 atom stereocenters. The summed E-state index contributed by atoms with van der Waals surface area (Å²) in [5.74, 6) is 0.786. The second kappa shape index (κ2) is 9.70. The van der Waals surface area contributed by atoms with Crippen molar-refractivity contribution in [2.24, 2.45) is 5.10 Å². The Kier molecular flexibility index (Phi) is 7.33. The predicted molar refractivity (Wildman–Crippen MR) is 106 cm³/mol. The molecule has 2 aromatic carbocycles. The first kappa shape index (κ1) is 21.2. The number of methoxy groups -OCH3 is 2. The molecule has 0 radical (unpaired) electrons. The van der Waals surface area contributed by atoms with Crippen LogP contribution in [-0.2, 0) is 4.79 Å². The highest BCUT2D eigenvalue weighted by Crippen LogP contribution is 2.29. The third-order valence-electron chi connectivity index (χ3n) is 3.64. The minimum Gasteiger partial charge on any atom is -0.497 e. The van der Waals surface area contributed by atoms with Gasteiger partial charge in [-0.3, -0.25) is 14.9 Å². The first-order valence-electron chi connectivity index (χ1n) is 7.98. The smallest absolute Gasteiger partial charge is 0.311 e. The van der Waals surface area contributed by atoms with E-state index in [-0.39, 0.29) is 18.0 Å². The van der Waals surface area contributed by atoms with Crippen LogP contribution >= 0.6 is 15.9 Å². The van der Waals surface area contributed by atoms with E-state index < -0.39 is 10.8 Å². The molecule has 0 bridgehead atoms. The number of benzene rings is 2. The SMILES string of the molecule is COc1ccc(OCC(=O)N/N=C(/C)c2ccc(OC)c([N+](=O)[O-])c2)c(Br)c1. The molecule has 0 saturated heterocycles. The van der Waals surface area contributed by atoms with Crippen molar-refractivity contribution < 1.29 is 23.9 Å². The number of carbonyl (C=O) groups is 1. The van der Waals surface area contributed by atoms with E-state index in [1.165, 1.54) is 19.2 Å². The molecule has 148 valence electrons. The molecule has 10 heteroatoms. The normalized spacial score (nSPS) is 10.9. The molecule has 1 N–H and O–H groups in total. The van der Waals surface area contributed by atoms with E-state index >= 15 is 0 Å². The van der Waals surface area contributed by atoms with Crippen molar-refractivity contribution >= 4 is 33.2 Å². The summed E-state index contributed by atoms with van der Waals surface area (Å²) < 4.78 is 16.1. The summed E-state index contributed by atoms with van der Waals surface area (Å²) in [5.41, 5.74) is 3.04. The van der Waals surface area contributed by atoms with Crippen LogP contribution in [0.2, 0.25) is 0 Å². The van der Waals surface area contributed by atoms with Gasteiger partial charge >= 0.3 is 5.69 Å². The van der Waals surface area contributed by atoms with Crippen LogP contribution in [0.25, 0.3) is 0 Å². The van der Waals surface area contributed by atoms with Gasteiger partial charge in [0.1, 0.15) is 11.5 Å². The zero-order valence-electron chi connectivity index (χ0n) is 15.4. The molecule has 0 spiro atoms. The molecule has 0 heterocycles. The highest BCUT2D eigenvalue weighted by atomic mass is 79.9. The van der Waals surface area contributed by atoms with Crippen molar-refractivity contribution in [2.45, 2.75) is 6.92 Å². The van der Waals surface area contributed by atoms with Gasteiger partial charge in [-0.1, -0.05) is 0 Å². The fourth-order valence-electron chi connectivity index (χ4n) is 2.17. The van der Waals surface area contributed by atoms with E-state index in [1.54, 1.807) is 38.3 Å². The maximum atomic E-state index is 12.0. The van der Waals surface area contributed by atoms with Gasteiger partial charge in [0.05, 0.1) is 29.3 Å². The fourth-order valence-corrected chi connectivity index (χ4v) is 2.64. The van der Waals surface area contributed by atoms with Crippen LogP contribution < -0.4 is 19.6 Å². The molecule has 0 saturated carbocycles. The van der Waals surface area contributed by atoms with Gasteiger partial charge in [0.2, 0.25) is 0 Å².